The fourth-order valence-corrected chi connectivity index (χ4v) is 4.71. The van der Waals surface area contributed by atoms with Crippen molar-refractivity contribution in [1.82, 2.24) is 20.1 Å². The lowest BCUT2D eigenvalue weighted by molar-refractivity contribution is -0.136. The van der Waals surface area contributed by atoms with Crippen LogP contribution in [0.5, 0.6) is 0 Å². The maximum atomic E-state index is 13.6. The SMILES string of the molecule is Nc1[nH]nc2nc([C@H]3CCCN(C(=O)CC4CCCCC4)C3)cc(C(F)(F)F)c12. The number of alkyl halides is 3. The minimum absolute atomic E-state index is 0.0296. The summed E-state index contributed by atoms with van der Waals surface area (Å²) in [5.41, 5.74) is 5.11. The number of halogens is 3. The molecule has 3 heterocycles. The Bertz CT molecular complexity index is 888. The van der Waals surface area contributed by atoms with E-state index in [9.17, 15) is 18.0 Å². The molecule has 2 aromatic rings. The van der Waals surface area contributed by atoms with Crippen LogP contribution in [0.2, 0.25) is 0 Å². The average molecular weight is 409 g/mol. The summed E-state index contributed by atoms with van der Waals surface area (Å²) in [4.78, 5) is 18.9. The number of nitrogens with zero attached hydrogens (tertiary/aromatic N) is 3. The number of hydrogen-bond donors (Lipinski definition) is 2. The molecule has 0 aromatic carbocycles. The van der Waals surface area contributed by atoms with Crippen molar-refractivity contribution in [3.05, 3.63) is 17.3 Å². The maximum Gasteiger partial charge on any atom is 0.417 e. The molecule has 158 valence electrons. The molecule has 0 radical (unpaired) electrons. The molecule has 29 heavy (non-hydrogen) atoms. The van der Waals surface area contributed by atoms with E-state index in [1.165, 1.54) is 19.3 Å². The number of nitrogens with two attached hydrogens (primary N) is 1. The molecule has 1 saturated heterocycles. The summed E-state index contributed by atoms with van der Waals surface area (Å²) in [7, 11) is 0. The van der Waals surface area contributed by atoms with Crippen LogP contribution in [0.25, 0.3) is 11.0 Å². The Hall–Kier alpha value is -2.32. The number of nitrogens with one attached hydrogen (secondary N) is 1. The Morgan fingerprint density at radius 2 is 1.97 bits per heavy atom. The number of H-pyrrole nitrogens is 1. The van der Waals surface area contributed by atoms with Gasteiger partial charge in [-0.1, -0.05) is 19.3 Å². The van der Waals surface area contributed by atoms with Crippen LogP contribution in [0.1, 0.15) is 68.5 Å². The molecule has 2 aliphatic rings. The molecule has 1 saturated carbocycles. The molecule has 9 heteroatoms. The van der Waals surface area contributed by atoms with Gasteiger partial charge in [0.1, 0.15) is 5.82 Å². The molecular weight excluding hydrogens is 383 g/mol. The van der Waals surface area contributed by atoms with Crippen LogP contribution in [0.3, 0.4) is 0 Å². The lowest BCUT2D eigenvalue weighted by atomic mass is 9.86. The van der Waals surface area contributed by atoms with E-state index < -0.39 is 11.7 Å². The lowest BCUT2D eigenvalue weighted by Crippen LogP contribution is -2.40. The molecule has 1 aliphatic carbocycles. The van der Waals surface area contributed by atoms with Crippen LogP contribution in [-0.4, -0.2) is 39.1 Å². The molecule has 1 amide bonds. The number of carbonyl (C=O) groups excluding carboxylic acids is 1. The number of aromatic nitrogens is 3. The van der Waals surface area contributed by atoms with E-state index in [0.717, 1.165) is 25.3 Å². The van der Waals surface area contributed by atoms with Crippen LogP contribution >= 0.6 is 0 Å². The Morgan fingerprint density at radius 1 is 1.21 bits per heavy atom. The predicted molar refractivity (Wildman–Crippen MR) is 103 cm³/mol. The van der Waals surface area contributed by atoms with E-state index >= 15 is 0 Å². The molecule has 0 spiro atoms. The van der Waals surface area contributed by atoms with Gasteiger partial charge >= 0.3 is 6.18 Å². The van der Waals surface area contributed by atoms with Crippen LogP contribution < -0.4 is 5.73 Å². The van der Waals surface area contributed by atoms with Gasteiger partial charge in [0, 0.05) is 31.1 Å². The quantitative estimate of drug-likeness (QED) is 0.794. The van der Waals surface area contributed by atoms with Gasteiger partial charge in [-0.15, -0.1) is 0 Å². The summed E-state index contributed by atoms with van der Waals surface area (Å²) in [6, 6.07) is 1.08. The molecule has 1 atom stereocenters. The molecule has 0 unspecified atom stereocenters. The standard InChI is InChI=1S/C20H26F3N5O/c21-20(22,23)14-10-15(25-19-17(14)18(24)26-27-19)13-7-4-8-28(11-13)16(29)9-12-5-2-1-3-6-12/h10,12-13H,1-9,11H2,(H3,24,25,26,27)/t13-/m0/s1. The van der Waals surface area contributed by atoms with Gasteiger partial charge in [0.15, 0.2) is 5.65 Å². The number of fused-ring (bicyclic) bond motifs is 1. The van der Waals surface area contributed by atoms with Crippen molar-refractivity contribution in [3.8, 4) is 0 Å². The molecule has 6 nitrogen and oxygen atoms in total. The fraction of sp³-hybridized carbons (Fsp3) is 0.650. The van der Waals surface area contributed by atoms with Gasteiger partial charge in [-0.05, 0) is 37.7 Å². The fourth-order valence-electron chi connectivity index (χ4n) is 4.71. The van der Waals surface area contributed by atoms with E-state index in [2.05, 4.69) is 15.2 Å². The second kappa shape index (κ2) is 7.84. The number of likely N-dealkylation sites (tertiary alicyclic amines) is 1. The third kappa shape index (κ3) is 4.18. The second-order valence-electron chi connectivity index (χ2n) is 8.32. The Morgan fingerprint density at radius 3 is 2.69 bits per heavy atom. The van der Waals surface area contributed by atoms with Gasteiger partial charge in [0.2, 0.25) is 5.91 Å². The topological polar surface area (TPSA) is 87.9 Å². The zero-order valence-corrected chi connectivity index (χ0v) is 16.3. The number of amides is 1. The third-order valence-electron chi connectivity index (χ3n) is 6.26. The summed E-state index contributed by atoms with van der Waals surface area (Å²) in [5, 5.41) is 6.04. The minimum atomic E-state index is -4.56. The Kier molecular flexibility index (Phi) is 5.40. The number of rotatable bonds is 3. The highest BCUT2D eigenvalue weighted by Crippen LogP contribution is 2.39. The number of carbonyl (C=O) groups is 1. The number of anilines is 1. The smallest absolute Gasteiger partial charge is 0.383 e. The van der Waals surface area contributed by atoms with Crippen molar-refractivity contribution in [3.63, 3.8) is 0 Å². The van der Waals surface area contributed by atoms with Crippen molar-refractivity contribution in [1.29, 1.82) is 0 Å². The van der Waals surface area contributed by atoms with Gasteiger partial charge in [-0.3, -0.25) is 9.89 Å². The summed E-state index contributed by atoms with van der Waals surface area (Å²) < 4.78 is 40.8. The maximum absolute atomic E-state index is 13.6. The summed E-state index contributed by atoms with van der Waals surface area (Å²) in [5.74, 6) is 0.180. The number of piperidine rings is 1. The predicted octanol–water partition coefficient (Wildman–Crippen LogP) is 4.24. The van der Waals surface area contributed by atoms with Crippen LogP contribution in [-0.2, 0) is 11.0 Å². The first-order valence-corrected chi connectivity index (χ1v) is 10.3. The van der Waals surface area contributed by atoms with Gasteiger partial charge in [0.05, 0.1) is 10.9 Å². The van der Waals surface area contributed by atoms with Crippen molar-refractivity contribution in [2.75, 3.05) is 18.8 Å². The van der Waals surface area contributed by atoms with Crippen LogP contribution in [0, 0.1) is 5.92 Å². The molecule has 3 N–H and O–H groups in total. The zero-order valence-electron chi connectivity index (χ0n) is 16.3. The van der Waals surface area contributed by atoms with E-state index in [-0.39, 0.29) is 28.7 Å². The zero-order chi connectivity index (χ0) is 20.6. The van der Waals surface area contributed by atoms with Gasteiger partial charge in [-0.2, -0.15) is 18.3 Å². The van der Waals surface area contributed by atoms with Crippen LogP contribution in [0.4, 0.5) is 19.0 Å². The number of aromatic amines is 1. The molecule has 2 fully saturated rings. The second-order valence-corrected chi connectivity index (χ2v) is 8.32. The summed E-state index contributed by atoms with van der Waals surface area (Å²) in [6.07, 6.45) is 3.22. The minimum Gasteiger partial charge on any atom is -0.383 e. The summed E-state index contributed by atoms with van der Waals surface area (Å²) in [6.45, 7) is 1.06. The molecule has 1 aliphatic heterocycles. The molecule has 2 aromatic heterocycles. The van der Waals surface area contributed by atoms with Gasteiger partial charge in [0.25, 0.3) is 0 Å². The first-order valence-electron chi connectivity index (χ1n) is 10.3. The number of nitrogen functional groups attached to an aromatic ring is 1. The largest absolute Gasteiger partial charge is 0.417 e. The normalized spacial score (nSPS) is 21.6. The molecule has 4 rings (SSSR count). The Labute approximate surface area is 167 Å². The van der Waals surface area contributed by atoms with E-state index in [4.69, 9.17) is 5.73 Å². The van der Waals surface area contributed by atoms with Crippen molar-refractivity contribution in [2.45, 2.75) is 63.5 Å². The van der Waals surface area contributed by atoms with Crippen LogP contribution in [0.15, 0.2) is 6.07 Å². The number of hydrogen-bond acceptors (Lipinski definition) is 4. The first-order chi connectivity index (χ1) is 13.8. The highest BCUT2D eigenvalue weighted by atomic mass is 19.4. The molecule has 0 bridgehead atoms. The summed E-state index contributed by atoms with van der Waals surface area (Å²) >= 11 is 0. The average Bonchev–Trinajstić information content (AvgIpc) is 3.08. The van der Waals surface area contributed by atoms with Crippen molar-refractivity contribution >= 4 is 22.8 Å². The monoisotopic (exact) mass is 409 g/mol. The molecular formula is C20H26F3N5O. The Balaban J connectivity index is 1.55. The van der Waals surface area contributed by atoms with Gasteiger partial charge in [-0.25, -0.2) is 4.98 Å². The van der Waals surface area contributed by atoms with E-state index in [1.807, 2.05) is 0 Å². The third-order valence-corrected chi connectivity index (χ3v) is 6.26. The van der Waals surface area contributed by atoms with E-state index in [1.54, 1.807) is 4.90 Å². The van der Waals surface area contributed by atoms with E-state index in [0.29, 0.717) is 37.5 Å². The van der Waals surface area contributed by atoms with Crippen molar-refractivity contribution in [2.24, 2.45) is 5.92 Å². The lowest BCUT2D eigenvalue weighted by Gasteiger charge is -2.34. The van der Waals surface area contributed by atoms with Crippen molar-refractivity contribution < 1.29 is 18.0 Å². The van der Waals surface area contributed by atoms with Gasteiger partial charge < -0.3 is 10.6 Å². The highest BCUT2D eigenvalue weighted by molar-refractivity contribution is 5.89. The highest BCUT2D eigenvalue weighted by Gasteiger charge is 2.37. The first kappa shape index (κ1) is 20.0. The number of pyridine rings is 1.